The van der Waals surface area contributed by atoms with E-state index in [9.17, 15) is 14.7 Å². The van der Waals surface area contributed by atoms with Crippen LogP contribution in [0.3, 0.4) is 0 Å². The maximum absolute atomic E-state index is 12.1. The minimum atomic E-state index is -0.748. The lowest BCUT2D eigenvalue weighted by Gasteiger charge is -2.32. The van der Waals surface area contributed by atoms with Crippen LogP contribution in [-0.2, 0) is 14.9 Å². The number of ether oxygens (including phenoxy) is 2. The highest BCUT2D eigenvalue weighted by Crippen LogP contribution is 2.33. The summed E-state index contributed by atoms with van der Waals surface area (Å²) >= 11 is 0. The number of hydrogen-bond acceptors (Lipinski definition) is 5. The van der Waals surface area contributed by atoms with Crippen LogP contribution in [-0.4, -0.2) is 36.3 Å². The van der Waals surface area contributed by atoms with Crippen LogP contribution < -0.4 is 10.1 Å². The molecule has 2 N–H and O–H groups in total. The Morgan fingerprint density at radius 2 is 1.70 bits per heavy atom. The molecule has 2 aromatic rings. The molecule has 2 rings (SSSR count). The molecule has 0 unspecified atom stereocenters. The van der Waals surface area contributed by atoms with E-state index in [1.54, 1.807) is 24.3 Å². The fourth-order valence-electron chi connectivity index (χ4n) is 3.51. The number of carbonyl (C=O) groups excluding carboxylic acids is 2. The van der Waals surface area contributed by atoms with Gasteiger partial charge in [-0.2, -0.15) is 0 Å². The van der Waals surface area contributed by atoms with Crippen molar-refractivity contribution >= 4 is 17.6 Å². The molecule has 0 aromatic heterocycles. The summed E-state index contributed by atoms with van der Waals surface area (Å²) in [5, 5.41) is 12.9. The molecule has 30 heavy (non-hydrogen) atoms. The van der Waals surface area contributed by atoms with Gasteiger partial charge in [0.2, 0.25) is 5.91 Å². The number of carbonyl (C=O) groups is 2. The lowest BCUT2D eigenvalue weighted by atomic mass is 9.76. The lowest BCUT2D eigenvalue weighted by molar-refractivity contribution is -0.116. The predicted octanol–water partition coefficient (Wildman–Crippen LogP) is 4.32. The Labute approximate surface area is 178 Å². The van der Waals surface area contributed by atoms with E-state index in [0.29, 0.717) is 23.4 Å². The van der Waals surface area contributed by atoms with Crippen molar-refractivity contribution in [2.45, 2.75) is 51.6 Å². The molecule has 0 atom stereocenters. The molecule has 6 heteroatoms. The number of nitrogens with one attached hydrogen (secondary N) is 1. The molecular formula is C24H31NO5. The van der Waals surface area contributed by atoms with Crippen molar-refractivity contribution in [3.63, 3.8) is 0 Å². The third-order valence-corrected chi connectivity index (χ3v) is 4.68. The number of esters is 1. The van der Waals surface area contributed by atoms with E-state index in [0.717, 1.165) is 5.56 Å². The second-order valence-electron chi connectivity index (χ2n) is 8.62. The topological polar surface area (TPSA) is 84.9 Å². The van der Waals surface area contributed by atoms with Gasteiger partial charge in [0.05, 0.1) is 31.3 Å². The monoisotopic (exact) mass is 413 g/mol. The van der Waals surface area contributed by atoms with Crippen molar-refractivity contribution in [1.29, 1.82) is 0 Å². The van der Waals surface area contributed by atoms with Crippen molar-refractivity contribution in [3.05, 3.63) is 59.7 Å². The number of rotatable bonds is 9. The zero-order valence-electron chi connectivity index (χ0n) is 18.3. The Morgan fingerprint density at radius 3 is 2.30 bits per heavy atom. The van der Waals surface area contributed by atoms with Crippen LogP contribution in [0.25, 0.3) is 0 Å². The number of aliphatic hydroxyl groups is 1. The summed E-state index contributed by atoms with van der Waals surface area (Å²) in [5.74, 6) is 0.0156. The average molecular weight is 414 g/mol. The van der Waals surface area contributed by atoms with Gasteiger partial charge in [-0.25, -0.2) is 4.79 Å². The minimum Gasteiger partial charge on any atom is -0.493 e. The van der Waals surface area contributed by atoms with E-state index < -0.39 is 11.6 Å². The first-order valence-electron chi connectivity index (χ1n) is 9.94. The van der Waals surface area contributed by atoms with Gasteiger partial charge < -0.3 is 19.9 Å². The molecule has 0 radical (unpaired) electrons. The summed E-state index contributed by atoms with van der Waals surface area (Å²) < 4.78 is 10.4. The van der Waals surface area contributed by atoms with Gasteiger partial charge in [-0.3, -0.25) is 4.79 Å². The zero-order valence-corrected chi connectivity index (χ0v) is 18.3. The number of hydrogen-bond donors (Lipinski definition) is 2. The first kappa shape index (κ1) is 23.4. The largest absolute Gasteiger partial charge is 0.493 e. The summed E-state index contributed by atoms with van der Waals surface area (Å²) in [6, 6.07) is 14.3. The molecule has 0 aliphatic rings. The summed E-state index contributed by atoms with van der Waals surface area (Å²) in [4.78, 5) is 23.7. The minimum absolute atomic E-state index is 0.171. The maximum Gasteiger partial charge on any atom is 0.337 e. The van der Waals surface area contributed by atoms with E-state index in [1.165, 1.54) is 7.11 Å². The molecular weight excluding hydrogens is 382 g/mol. The van der Waals surface area contributed by atoms with Crippen LogP contribution >= 0.6 is 0 Å². The standard InChI is InChI=1S/C24H31NO5/c1-23(2,16-24(3,4)28)18-9-11-20(12-10-18)30-14-13-21(26)25-19-8-6-7-17(15-19)22(27)29-5/h6-12,15,28H,13-14,16H2,1-5H3,(H,25,26). The third-order valence-electron chi connectivity index (χ3n) is 4.68. The van der Waals surface area contributed by atoms with Crippen molar-refractivity contribution in [2.75, 3.05) is 19.0 Å². The van der Waals surface area contributed by atoms with E-state index >= 15 is 0 Å². The molecule has 6 nitrogen and oxygen atoms in total. The number of amides is 1. The molecule has 0 saturated heterocycles. The van der Waals surface area contributed by atoms with Crippen molar-refractivity contribution in [1.82, 2.24) is 0 Å². The Hall–Kier alpha value is -2.86. The second-order valence-corrected chi connectivity index (χ2v) is 8.62. The van der Waals surface area contributed by atoms with Gasteiger partial charge in [-0.15, -0.1) is 0 Å². The molecule has 2 aromatic carbocycles. The van der Waals surface area contributed by atoms with Gasteiger partial charge in [0.15, 0.2) is 0 Å². The van der Waals surface area contributed by atoms with Crippen LogP contribution in [0.2, 0.25) is 0 Å². The van der Waals surface area contributed by atoms with Crippen LogP contribution in [0, 0.1) is 0 Å². The SMILES string of the molecule is COC(=O)c1cccc(NC(=O)CCOc2ccc(C(C)(C)CC(C)(C)O)cc2)c1. The van der Waals surface area contributed by atoms with Gasteiger partial charge in [0.1, 0.15) is 5.75 Å². The van der Waals surface area contributed by atoms with Gasteiger partial charge in [0, 0.05) is 5.69 Å². The van der Waals surface area contributed by atoms with Crippen molar-refractivity contribution < 1.29 is 24.2 Å². The average Bonchev–Trinajstić information content (AvgIpc) is 2.66. The van der Waals surface area contributed by atoms with Gasteiger partial charge in [0.25, 0.3) is 0 Å². The van der Waals surface area contributed by atoms with E-state index in [1.807, 2.05) is 38.1 Å². The molecule has 0 fully saturated rings. The fraction of sp³-hybridized carbons (Fsp3) is 0.417. The Morgan fingerprint density at radius 1 is 1.03 bits per heavy atom. The summed E-state index contributed by atoms with van der Waals surface area (Å²) in [7, 11) is 1.31. The van der Waals surface area contributed by atoms with E-state index in [-0.39, 0.29) is 24.3 Å². The van der Waals surface area contributed by atoms with Crippen molar-refractivity contribution in [3.8, 4) is 5.75 Å². The van der Waals surface area contributed by atoms with Gasteiger partial charge >= 0.3 is 5.97 Å². The smallest absolute Gasteiger partial charge is 0.337 e. The van der Waals surface area contributed by atoms with E-state index in [4.69, 9.17) is 4.74 Å². The Bertz CT molecular complexity index is 866. The number of anilines is 1. The van der Waals surface area contributed by atoms with Gasteiger partial charge in [-0.05, 0) is 61.6 Å². The molecule has 0 saturated carbocycles. The lowest BCUT2D eigenvalue weighted by Crippen LogP contribution is -2.31. The summed E-state index contributed by atoms with van der Waals surface area (Å²) in [6.07, 6.45) is 0.811. The quantitative estimate of drug-likeness (QED) is 0.598. The summed E-state index contributed by atoms with van der Waals surface area (Å²) in [6.45, 7) is 8.04. The predicted molar refractivity (Wildman–Crippen MR) is 117 cm³/mol. The normalized spacial score (nSPS) is 11.7. The van der Waals surface area contributed by atoms with Crippen LogP contribution in [0.5, 0.6) is 5.75 Å². The summed E-state index contributed by atoms with van der Waals surface area (Å²) in [5.41, 5.74) is 1.10. The highest BCUT2D eigenvalue weighted by atomic mass is 16.5. The first-order valence-corrected chi connectivity index (χ1v) is 9.94. The number of benzene rings is 2. The molecule has 0 aliphatic carbocycles. The third kappa shape index (κ3) is 7.19. The van der Waals surface area contributed by atoms with E-state index in [2.05, 4.69) is 23.9 Å². The fourth-order valence-corrected chi connectivity index (χ4v) is 3.51. The molecule has 0 spiro atoms. The molecule has 0 bridgehead atoms. The van der Waals surface area contributed by atoms with Crippen molar-refractivity contribution in [2.24, 2.45) is 0 Å². The first-order chi connectivity index (χ1) is 14.0. The molecule has 162 valence electrons. The van der Waals surface area contributed by atoms with Gasteiger partial charge in [-0.1, -0.05) is 32.0 Å². The maximum atomic E-state index is 12.1. The van der Waals surface area contributed by atoms with Crippen LogP contribution in [0.4, 0.5) is 5.69 Å². The molecule has 0 heterocycles. The highest BCUT2D eigenvalue weighted by Gasteiger charge is 2.28. The van der Waals surface area contributed by atoms with Crippen LogP contribution in [0.15, 0.2) is 48.5 Å². The molecule has 1 amide bonds. The number of methoxy groups -OCH3 is 1. The van der Waals surface area contributed by atoms with Crippen LogP contribution in [0.1, 0.15) is 56.5 Å². The highest BCUT2D eigenvalue weighted by molar-refractivity contribution is 5.94. The molecule has 0 aliphatic heterocycles. The Balaban J connectivity index is 1.85. The Kier molecular flexibility index (Phi) is 7.62. The second kappa shape index (κ2) is 9.76. The zero-order chi connectivity index (χ0) is 22.4.